The molecule has 0 aliphatic carbocycles. The second kappa shape index (κ2) is 6.93. The third kappa shape index (κ3) is 5.01. The number of benzene rings is 1. The number of anilines is 1. The van der Waals surface area contributed by atoms with Crippen LogP contribution in [0.4, 0.5) is 14.5 Å². The van der Waals surface area contributed by atoms with E-state index in [0.29, 0.717) is 23.2 Å². The van der Waals surface area contributed by atoms with Crippen molar-refractivity contribution in [3.63, 3.8) is 0 Å². The maximum absolute atomic E-state index is 12.0. The second-order valence-electron chi connectivity index (χ2n) is 3.09. The summed E-state index contributed by atoms with van der Waals surface area (Å²) in [4.78, 5) is 0.512. The van der Waals surface area contributed by atoms with E-state index in [1.54, 1.807) is 24.3 Å². The Hall–Kier alpha value is -0.520. The van der Waals surface area contributed by atoms with Crippen LogP contribution >= 0.6 is 23.4 Å². The number of aliphatic hydroxyl groups is 1. The highest BCUT2D eigenvalue weighted by molar-refractivity contribution is 7.99. The van der Waals surface area contributed by atoms with Crippen molar-refractivity contribution in [2.45, 2.75) is 16.8 Å². The minimum absolute atomic E-state index is 0.159. The lowest BCUT2D eigenvalue weighted by Crippen LogP contribution is -2.20. The Morgan fingerprint density at radius 3 is 2.44 bits per heavy atom. The fourth-order valence-electron chi connectivity index (χ4n) is 1.04. The molecule has 1 rings (SSSR count). The molecule has 16 heavy (non-hydrogen) atoms. The van der Waals surface area contributed by atoms with Crippen LogP contribution < -0.4 is 5.32 Å². The van der Waals surface area contributed by atoms with E-state index < -0.39 is 11.9 Å². The number of thioether (sulfide) groups is 1. The first kappa shape index (κ1) is 13.5. The molecule has 0 aliphatic heterocycles. The van der Waals surface area contributed by atoms with Crippen LogP contribution in [0.1, 0.15) is 0 Å². The molecule has 0 aromatic heterocycles. The van der Waals surface area contributed by atoms with Crippen LogP contribution in [0.3, 0.4) is 0 Å². The fraction of sp³-hybridized carbons (Fsp3) is 0.400. The monoisotopic (exact) mass is 267 g/mol. The van der Waals surface area contributed by atoms with Crippen molar-refractivity contribution in [2.75, 3.05) is 17.7 Å². The Morgan fingerprint density at radius 1 is 1.31 bits per heavy atom. The molecule has 90 valence electrons. The van der Waals surface area contributed by atoms with Gasteiger partial charge < -0.3 is 10.4 Å². The van der Waals surface area contributed by atoms with Crippen molar-refractivity contribution in [1.82, 2.24) is 0 Å². The van der Waals surface area contributed by atoms with Gasteiger partial charge in [0.25, 0.3) is 5.76 Å². The van der Waals surface area contributed by atoms with Gasteiger partial charge in [0.2, 0.25) is 0 Å². The third-order valence-electron chi connectivity index (χ3n) is 1.80. The maximum atomic E-state index is 12.0. The normalized spacial score (nSPS) is 12.8. The van der Waals surface area contributed by atoms with Crippen LogP contribution in [-0.2, 0) is 0 Å². The molecule has 2 nitrogen and oxygen atoms in total. The maximum Gasteiger partial charge on any atom is 0.288 e. The number of nitrogens with one attached hydrogen (secondary N) is 1. The van der Waals surface area contributed by atoms with Crippen LogP contribution in [0, 0.1) is 0 Å². The molecule has 0 saturated carbocycles. The van der Waals surface area contributed by atoms with E-state index in [2.05, 4.69) is 5.32 Å². The molecular weight excluding hydrogens is 256 g/mol. The van der Waals surface area contributed by atoms with Crippen LogP contribution in [0.25, 0.3) is 0 Å². The molecular formula is C10H12ClF2NOS. The average molecular weight is 268 g/mol. The highest BCUT2D eigenvalue weighted by Crippen LogP contribution is 2.26. The second-order valence-corrected chi connectivity index (χ2v) is 4.46. The fourth-order valence-corrected chi connectivity index (χ4v) is 1.65. The molecule has 0 amide bonds. The number of rotatable bonds is 6. The van der Waals surface area contributed by atoms with Crippen LogP contribution in [0.15, 0.2) is 29.2 Å². The largest absolute Gasteiger partial charge is 0.390 e. The van der Waals surface area contributed by atoms with E-state index in [4.69, 9.17) is 11.6 Å². The van der Waals surface area contributed by atoms with E-state index in [9.17, 15) is 13.9 Å². The standard InChI is InChI=1S/C10H12ClF2NOS/c11-5-8(15)6-14-7-1-3-9(4-2-7)16-10(12)13/h1-4,8,10,14-15H,5-6H2. The van der Waals surface area contributed by atoms with Gasteiger partial charge in [-0.3, -0.25) is 0 Å². The Balaban J connectivity index is 2.45. The summed E-state index contributed by atoms with van der Waals surface area (Å²) < 4.78 is 24.0. The highest BCUT2D eigenvalue weighted by Gasteiger charge is 2.05. The molecule has 0 bridgehead atoms. The first-order valence-electron chi connectivity index (χ1n) is 4.64. The molecule has 0 radical (unpaired) electrons. The van der Waals surface area contributed by atoms with Gasteiger partial charge in [0.15, 0.2) is 0 Å². The summed E-state index contributed by atoms with van der Waals surface area (Å²) in [7, 11) is 0. The number of aliphatic hydroxyl groups excluding tert-OH is 1. The minimum atomic E-state index is -2.41. The zero-order valence-electron chi connectivity index (χ0n) is 8.37. The lowest BCUT2D eigenvalue weighted by molar-refractivity contribution is 0.211. The van der Waals surface area contributed by atoms with Gasteiger partial charge in [-0.25, -0.2) is 0 Å². The van der Waals surface area contributed by atoms with Crippen molar-refractivity contribution in [2.24, 2.45) is 0 Å². The Bertz CT molecular complexity index is 310. The highest BCUT2D eigenvalue weighted by atomic mass is 35.5. The van der Waals surface area contributed by atoms with Gasteiger partial charge in [-0.05, 0) is 24.3 Å². The Morgan fingerprint density at radius 2 is 1.94 bits per heavy atom. The quantitative estimate of drug-likeness (QED) is 0.614. The summed E-state index contributed by atoms with van der Waals surface area (Å²) in [5.41, 5.74) is 0.766. The van der Waals surface area contributed by atoms with E-state index in [1.807, 2.05) is 0 Å². The topological polar surface area (TPSA) is 32.3 Å². The van der Waals surface area contributed by atoms with Crippen molar-refractivity contribution >= 4 is 29.1 Å². The summed E-state index contributed by atoms with van der Waals surface area (Å²) in [5, 5.41) is 12.1. The number of alkyl halides is 3. The number of hydrogen-bond donors (Lipinski definition) is 2. The summed E-state index contributed by atoms with van der Waals surface area (Å²) >= 11 is 5.93. The summed E-state index contributed by atoms with van der Waals surface area (Å²) in [6.07, 6.45) is -0.614. The molecule has 0 heterocycles. The van der Waals surface area contributed by atoms with Gasteiger partial charge in [-0.2, -0.15) is 8.78 Å². The van der Waals surface area contributed by atoms with E-state index in [1.165, 1.54) is 0 Å². The molecule has 0 fully saturated rings. The van der Waals surface area contributed by atoms with E-state index >= 15 is 0 Å². The molecule has 1 unspecified atom stereocenters. The predicted octanol–water partition coefficient (Wildman–Crippen LogP) is 3.01. The average Bonchev–Trinajstić information content (AvgIpc) is 2.27. The van der Waals surface area contributed by atoms with Crippen molar-refractivity contribution < 1.29 is 13.9 Å². The zero-order valence-corrected chi connectivity index (χ0v) is 9.94. The lowest BCUT2D eigenvalue weighted by atomic mass is 10.3. The summed E-state index contributed by atoms with van der Waals surface area (Å²) in [6.45, 7) is 0.338. The van der Waals surface area contributed by atoms with Gasteiger partial charge in [-0.15, -0.1) is 11.6 Å². The van der Waals surface area contributed by atoms with Gasteiger partial charge in [0, 0.05) is 17.1 Å². The van der Waals surface area contributed by atoms with E-state index in [-0.39, 0.29) is 5.88 Å². The predicted molar refractivity (Wildman–Crippen MR) is 63.5 cm³/mol. The van der Waals surface area contributed by atoms with Crippen molar-refractivity contribution in [3.05, 3.63) is 24.3 Å². The van der Waals surface area contributed by atoms with Gasteiger partial charge in [-0.1, -0.05) is 11.8 Å². The first-order chi connectivity index (χ1) is 7.61. The Labute approximate surface area is 102 Å². The van der Waals surface area contributed by atoms with Crippen molar-refractivity contribution in [1.29, 1.82) is 0 Å². The SMILES string of the molecule is OC(CCl)CNc1ccc(SC(F)F)cc1. The van der Waals surface area contributed by atoms with E-state index in [0.717, 1.165) is 5.69 Å². The molecule has 1 atom stereocenters. The zero-order chi connectivity index (χ0) is 12.0. The summed E-state index contributed by atoms with van der Waals surface area (Å²) in [5.74, 6) is -2.25. The van der Waals surface area contributed by atoms with Gasteiger partial charge in [0.1, 0.15) is 0 Å². The molecule has 0 aliphatic rings. The van der Waals surface area contributed by atoms with Gasteiger partial charge in [0.05, 0.1) is 12.0 Å². The first-order valence-corrected chi connectivity index (χ1v) is 6.06. The molecule has 1 aromatic rings. The molecule has 0 saturated heterocycles. The van der Waals surface area contributed by atoms with Crippen molar-refractivity contribution in [3.8, 4) is 0 Å². The molecule has 0 spiro atoms. The summed E-state index contributed by atoms with van der Waals surface area (Å²) in [6, 6.07) is 6.58. The Kier molecular flexibility index (Phi) is 5.87. The smallest absolute Gasteiger partial charge is 0.288 e. The van der Waals surface area contributed by atoms with Crippen LogP contribution in [-0.4, -0.2) is 29.4 Å². The molecule has 1 aromatic carbocycles. The number of halogens is 3. The van der Waals surface area contributed by atoms with Gasteiger partial charge >= 0.3 is 0 Å². The lowest BCUT2D eigenvalue weighted by Gasteiger charge is -2.10. The third-order valence-corrected chi connectivity index (χ3v) is 2.88. The molecule has 2 N–H and O–H groups in total. The minimum Gasteiger partial charge on any atom is -0.390 e. The number of hydrogen-bond acceptors (Lipinski definition) is 3. The van der Waals surface area contributed by atoms with Crippen LogP contribution in [0.2, 0.25) is 0 Å². The van der Waals surface area contributed by atoms with Crippen LogP contribution in [0.5, 0.6) is 0 Å². The molecule has 6 heteroatoms.